The van der Waals surface area contributed by atoms with E-state index in [2.05, 4.69) is 11.7 Å². The van der Waals surface area contributed by atoms with Crippen LogP contribution in [0.15, 0.2) is 12.1 Å². The number of benzene rings is 1. The van der Waals surface area contributed by atoms with Crippen molar-refractivity contribution in [2.75, 3.05) is 0 Å². The normalized spacial score (nSPS) is 9.86. The fourth-order valence-electron chi connectivity index (χ4n) is 1.20. The fourth-order valence-corrected chi connectivity index (χ4v) is 1.20. The van der Waals surface area contributed by atoms with Crippen LogP contribution in [0.5, 0.6) is 0 Å². The van der Waals surface area contributed by atoms with Crippen LogP contribution in [0.2, 0.25) is 0 Å². The molecule has 0 atom stereocenters. The Morgan fingerprint density at radius 1 is 1.07 bits per heavy atom. The molecule has 0 aromatic carbocycles. The smallest absolute Gasteiger partial charge is 0.274 e. The van der Waals surface area contributed by atoms with Gasteiger partial charge >= 0.3 is 0 Å². The molecule has 74 valence electrons. The summed E-state index contributed by atoms with van der Waals surface area (Å²) in [5.74, 6) is 8.00. The van der Waals surface area contributed by atoms with E-state index in [9.17, 15) is 20.2 Å². The van der Waals surface area contributed by atoms with Gasteiger partial charge in [0.05, 0.1) is 15.4 Å². The van der Waals surface area contributed by atoms with Gasteiger partial charge in [0.25, 0.3) is 11.4 Å². The second-order valence-corrected chi connectivity index (χ2v) is 2.37. The highest BCUT2D eigenvalue weighted by molar-refractivity contribution is 6.05. The van der Waals surface area contributed by atoms with E-state index in [-0.39, 0.29) is 16.9 Å². The van der Waals surface area contributed by atoms with Crippen molar-refractivity contribution in [3.05, 3.63) is 32.4 Å². The zero-order chi connectivity index (χ0) is 10.9. The van der Waals surface area contributed by atoms with Crippen molar-refractivity contribution < 1.29 is 9.85 Å². The van der Waals surface area contributed by atoms with Gasteiger partial charge in [0.2, 0.25) is 0 Å². The molecule has 8 heteroatoms. The Hall–Kier alpha value is -2.06. The molecule has 0 saturated carbocycles. The van der Waals surface area contributed by atoms with Gasteiger partial charge in [0.1, 0.15) is 5.56 Å². The van der Waals surface area contributed by atoms with Crippen molar-refractivity contribution >= 4 is 11.4 Å². The molecule has 0 saturated heterocycles. The van der Waals surface area contributed by atoms with E-state index in [1.54, 1.807) is 0 Å². The Bertz CT molecular complexity index is 417. The molecule has 8 nitrogen and oxygen atoms in total. The summed E-state index contributed by atoms with van der Waals surface area (Å²) in [7, 11) is 0. The third-order valence-electron chi connectivity index (χ3n) is 1.74. The minimum atomic E-state index is -0.616. The van der Waals surface area contributed by atoms with E-state index in [0.29, 0.717) is 5.56 Å². The highest BCUT2D eigenvalue weighted by Crippen LogP contribution is 2.56. The lowest BCUT2D eigenvalue weighted by Crippen LogP contribution is -2.02. The number of rotatable bonds is 2. The molecule has 2 aliphatic rings. The van der Waals surface area contributed by atoms with Gasteiger partial charge in [-0.2, -0.15) is 0 Å². The largest absolute Gasteiger partial charge is 0.292 e. The van der Waals surface area contributed by atoms with E-state index in [1.807, 2.05) is 0 Å². The summed E-state index contributed by atoms with van der Waals surface area (Å²) in [6.07, 6.45) is 0. The minimum Gasteiger partial charge on any atom is -0.274 e. The van der Waals surface area contributed by atoms with Crippen LogP contribution in [0.25, 0.3) is 11.1 Å². The van der Waals surface area contributed by atoms with Crippen molar-refractivity contribution in [3.63, 3.8) is 0 Å². The van der Waals surface area contributed by atoms with Gasteiger partial charge in [-0.05, 0) is 6.07 Å². The third-order valence-corrected chi connectivity index (χ3v) is 1.74. The quantitative estimate of drug-likeness (QED) is 0.404. The van der Waals surface area contributed by atoms with E-state index in [4.69, 9.17) is 0 Å². The van der Waals surface area contributed by atoms with E-state index in [1.165, 1.54) is 12.1 Å². The van der Waals surface area contributed by atoms with E-state index >= 15 is 0 Å². The predicted octanol–water partition coefficient (Wildman–Crippen LogP) is 0.302. The van der Waals surface area contributed by atoms with Crippen LogP contribution in [0, 0.1) is 20.2 Å². The molecule has 4 N–H and O–H groups in total. The molecule has 0 fully saturated rings. The van der Waals surface area contributed by atoms with Crippen molar-refractivity contribution in [1.29, 1.82) is 0 Å². The number of fused-ring (bicyclic) bond motifs is 1. The first-order chi connectivity index (χ1) is 6.63. The molecular weight excluding hydrogens is 192 g/mol. The second kappa shape index (κ2) is 3.36. The highest BCUT2D eigenvalue weighted by Gasteiger charge is 2.44. The molecule has 0 aliphatic heterocycles. The zero-order valence-corrected chi connectivity index (χ0v) is 6.84. The zero-order valence-electron chi connectivity index (χ0n) is 6.84. The Morgan fingerprint density at radius 3 is 2.00 bits per heavy atom. The Morgan fingerprint density at radius 2 is 1.64 bits per heavy atom. The molecule has 2 rings (SSSR count). The van der Waals surface area contributed by atoms with Crippen molar-refractivity contribution in [3.8, 4) is 11.1 Å². The second-order valence-electron chi connectivity index (χ2n) is 2.37. The van der Waals surface area contributed by atoms with Gasteiger partial charge in [-0.25, -0.2) is 0 Å². The van der Waals surface area contributed by atoms with Crippen LogP contribution in [0.1, 0.15) is 0 Å². The molecule has 0 aromatic rings. The van der Waals surface area contributed by atoms with Gasteiger partial charge in [-0.1, -0.05) is 0 Å². The molecule has 0 heterocycles. The van der Waals surface area contributed by atoms with Crippen LogP contribution < -0.4 is 11.7 Å². The lowest BCUT2D eigenvalue weighted by molar-refractivity contribution is -0.388. The van der Waals surface area contributed by atoms with Gasteiger partial charge in [-0.15, -0.1) is 0 Å². The Balaban J connectivity index is 0.000000461. The number of nitro benzene ring substituents is 2. The molecule has 0 radical (unpaired) electrons. The predicted molar refractivity (Wildman–Crippen MR) is 47.1 cm³/mol. The average Bonchev–Trinajstić information content (AvgIpc) is 2.70. The third kappa shape index (κ3) is 1.28. The molecule has 0 amide bonds. The van der Waals surface area contributed by atoms with Crippen LogP contribution in [0.3, 0.4) is 0 Å². The van der Waals surface area contributed by atoms with Gasteiger partial charge < -0.3 is 0 Å². The average molecular weight is 198 g/mol. The standard InChI is InChI=1S/C6H2N2O4.H4N2/c9-7(10)4-2-1-3-5(4)6(3)8(11)12;1-2/h1-2H;1-2H2. The number of nitro groups is 2. The van der Waals surface area contributed by atoms with Crippen LogP contribution in [-0.4, -0.2) is 9.85 Å². The van der Waals surface area contributed by atoms with Crippen molar-refractivity contribution in [1.82, 2.24) is 0 Å². The molecular formula is C6H6N4O4. The van der Waals surface area contributed by atoms with E-state index in [0.717, 1.165) is 0 Å². The number of hydrogen-bond acceptors (Lipinski definition) is 6. The van der Waals surface area contributed by atoms with Crippen molar-refractivity contribution in [2.45, 2.75) is 0 Å². The van der Waals surface area contributed by atoms with Gasteiger partial charge in [-0.3, -0.25) is 31.9 Å². The molecule has 0 unspecified atom stereocenters. The van der Waals surface area contributed by atoms with Crippen LogP contribution >= 0.6 is 0 Å². The van der Waals surface area contributed by atoms with Crippen molar-refractivity contribution in [2.24, 2.45) is 11.7 Å². The summed E-state index contributed by atoms with van der Waals surface area (Å²) in [5, 5.41) is 20.5. The molecule has 0 bridgehead atoms. The first-order valence-electron chi connectivity index (χ1n) is 3.42. The summed E-state index contributed by atoms with van der Waals surface area (Å²) in [6, 6.07) is 2.67. The Kier molecular flexibility index (Phi) is 2.40. The van der Waals surface area contributed by atoms with E-state index < -0.39 is 9.85 Å². The number of hydrogen-bond donors (Lipinski definition) is 2. The number of hydrazine groups is 1. The molecule has 0 spiro atoms. The summed E-state index contributed by atoms with van der Waals surface area (Å²) < 4.78 is 0. The fraction of sp³-hybridized carbons (Fsp3) is 0. The van der Waals surface area contributed by atoms with Crippen LogP contribution in [0.4, 0.5) is 11.4 Å². The van der Waals surface area contributed by atoms with Gasteiger partial charge in [0.15, 0.2) is 0 Å². The SMILES string of the molecule is NN.O=[N+]([O-])c1ccc2c([N+](=O)[O-])c1-2. The highest BCUT2D eigenvalue weighted by atomic mass is 16.6. The topological polar surface area (TPSA) is 138 Å². The number of nitrogens with two attached hydrogens (primary N) is 2. The lowest BCUT2D eigenvalue weighted by Gasteiger charge is -1.81. The number of nitrogens with zero attached hydrogens (tertiary/aromatic N) is 2. The molecule has 14 heavy (non-hydrogen) atoms. The van der Waals surface area contributed by atoms with Gasteiger partial charge in [0, 0.05) is 6.07 Å². The maximum Gasteiger partial charge on any atom is 0.292 e. The summed E-state index contributed by atoms with van der Waals surface area (Å²) in [4.78, 5) is 19.2. The monoisotopic (exact) mass is 198 g/mol. The summed E-state index contributed by atoms with van der Waals surface area (Å²) >= 11 is 0. The van der Waals surface area contributed by atoms with Crippen LogP contribution in [-0.2, 0) is 0 Å². The molecule has 0 aromatic heterocycles. The maximum absolute atomic E-state index is 10.3. The first-order valence-corrected chi connectivity index (χ1v) is 3.42. The first kappa shape index (κ1) is 10.0. The minimum absolute atomic E-state index is 0.107. The summed E-state index contributed by atoms with van der Waals surface area (Å²) in [5.41, 5.74) is 0.303. The maximum atomic E-state index is 10.3. The molecule has 2 aliphatic carbocycles. The summed E-state index contributed by atoms with van der Waals surface area (Å²) in [6.45, 7) is 0. The lowest BCUT2D eigenvalue weighted by atomic mass is 10.5. The Labute approximate surface area is 77.4 Å².